The van der Waals surface area contributed by atoms with Crippen LogP contribution in [0.3, 0.4) is 0 Å². The van der Waals surface area contributed by atoms with Crippen molar-refractivity contribution < 1.29 is 14.7 Å². The molecule has 3 N–H and O–H groups in total. The molecular weight excluding hydrogens is 172 g/mol. The highest BCUT2D eigenvalue weighted by Crippen LogP contribution is 2.15. The number of piperidine rings is 1. The molecule has 1 rings (SSSR count). The summed E-state index contributed by atoms with van der Waals surface area (Å²) in [6.45, 7) is 1.37. The van der Waals surface area contributed by atoms with Crippen molar-refractivity contribution in [3.63, 3.8) is 0 Å². The van der Waals surface area contributed by atoms with Gasteiger partial charge in [-0.2, -0.15) is 0 Å². The standard InChI is InChI=1S/C8H14N2O3/c9-8(13)6-1-3-10(4-2-6)5-7(11)12/h6H,1-5H2,(H2,9,13)(H,11,12). The van der Waals surface area contributed by atoms with Gasteiger partial charge in [0.1, 0.15) is 0 Å². The summed E-state index contributed by atoms with van der Waals surface area (Å²) in [5, 5.41) is 8.51. The molecule has 0 radical (unpaired) electrons. The highest BCUT2D eigenvalue weighted by molar-refractivity contribution is 5.76. The molecular formula is C8H14N2O3. The monoisotopic (exact) mass is 186 g/mol. The van der Waals surface area contributed by atoms with E-state index in [1.807, 2.05) is 4.90 Å². The first-order chi connectivity index (χ1) is 6.09. The number of carboxylic acid groups (broad SMARTS) is 1. The Balaban J connectivity index is 2.30. The molecule has 1 amide bonds. The zero-order chi connectivity index (χ0) is 9.84. The van der Waals surface area contributed by atoms with Gasteiger partial charge in [-0.05, 0) is 25.9 Å². The Hall–Kier alpha value is -1.10. The van der Waals surface area contributed by atoms with Crippen molar-refractivity contribution in [3.05, 3.63) is 0 Å². The van der Waals surface area contributed by atoms with Crippen molar-refractivity contribution in [1.82, 2.24) is 4.90 Å². The summed E-state index contributed by atoms with van der Waals surface area (Å²) in [4.78, 5) is 22.9. The molecule has 5 heteroatoms. The number of hydrogen-bond donors (Lipinski definition) is 2. The average molecular weight is 186 g/mol. The molecule has 0 aromatic carbocycles. The van der Waals surface area contributed by atoms with Gasteiger partial charge in [0.2, 0.25) is 5.91 Å². The summed E-state index contributed by atoms with van der Waals surface area (Å²) < 4.78 is 0. The van der Waals surface area contributed by atoms with Crippen molar-refractivity contribution in [3.8, 4) is 0 Å². The second-order valence-electron chi connectivity index (χ2n) is 3.35. The minimum Gasteiger partial charge on any atom is -0.480 e. The highest BCUT2D eigenvalue weighted by Gasteiger charge is 2.23. The molecule has 0 aromatic heterocycles. The van der Waals surface area contributed by atoms with E-state index in [4.69, 9.17) is 10.8 Å². The predicted molar refractivity (Wildman–Crippen MR) is 46.0 cm³/mol. The molecule has 13 heavy (non-hydrogen) atoms. The summed E-state index contributed by atoms with van der Waals surface area (Å²) in [5.74, 6) is -1.16. The largest absolute Gasteiger partial charge is 0.480 e. The van der Waals surface area contributed by atoms with Gasteiger partial charge in [0.15, 0.2) is 0 Å². The van der Waals surface area contributed by atoms with Crippen LogP contribution in [0.15, 0.2) is 0 Å². The van der Waals surface area contributed by atoms with Crippen LogP contribution in [0.25, 0.3) is 0 Å². The average Bonchev–Trinajstić information content (AvgIpc) is 2.04. The predicted octanol–water partition coefficient (Wildman–Crippen LogP) is -0.732. The lowest BCUT2D eigenvalue weighted by atomic mass is 9.96. The van der Waals surface area contributed by atoms with E-state index >= 15 is 0 Å². The molecule has 0 aromatic rings. The van der Waals surface area contributed by atoms with Crippen LogP contribution in [0.2, 0.25) is 0 Å². The lowest BCUT2D eigenvalue weighted by molar-refractivity contribution is -0.138. The molecule has 0 atom stereocenters. The first-order valence-corrected chi connectivity index (χ1v) is 4.33. The molecule has 0 bridgehead atoms. The molecule has 1 aliphatic heterocycles. The van der Waals surface area contributed by atoms with Crippen LogP contribution in [0.4, 0.5) is 0 Å². The summed E-state index contributed by atoms with van der Waals surface area (Å²) in [6.07, 6.45) is 1.37. The van der Waals surface area contributed by atoms with Gasteiger partial charge in [-0.15, -0.1) is 0 Å². The fourth-order valence-corrected chi connectivity index (χ4v) is 1.57. The highest BCUT2D eigenvalue weighted by atomic mass is 16.4. The number of carboxylic acids is 1. The fourth-order valence-electron chi connectivity index (χ4n) is 1.57. The Bertz CT molecular complexity index is 209. The maximum Gasteiger partial charge on any atom is 0.317 e. The SMILES string of the molecule is NC(=O)C1CCN(CC(=O)O)CC1. The third kappa shape index (κ3) is 3.02. The number of carbonyl (C=O) groups is 2. The van der Waals surface area contributed by atoms with E-state index in [1.165, 1.54) is 0 Å². The topological polar surface area (TPSA) is 83.6 Å². The van der Waals surface area contributed by atoms with Gasteiger partial charge in [0, 0.05) is 5.92 Å². The van der Waals surface area contributed by atoms with Gasteiger partial charge in [-0.3, -0.25) is 14.5 Å². The van der Waals surface area contributed by atoms with Crippen molar-refractivity contribution in [2.75, 3.05) is 19.6 Å². The Morgan fingerprint density at radius 2 is 1.92 bits per heavy atom. The van der Waals surface area contributed by atoms with Crippen LogP contribution in [-0.4, -0.2) is 41.5 Å². The summed E-state index contributed by atoms with van der Waals surface area (Å²) in [6, 6.07) is 0. The van der Waals surface area contributed by atoms with E-state index in [2.05, 4.69) is 0 Å². The van der Waals surface area contributed by atoms with Crippen LogP contribution >= 0.6 is 0 Å². The second-order valence-corrected chi connectivity index (χ2v) is 3.35. The van der Waals surface area contributed by atoms with Crippen LogP contribution in [0.5, 0.6) is 0 Å². The first kappa shape index (κ1) is 9.98. The Morgan fingerprint density at radius 3 is 2.31 bits per heavy atom. The van der Waals surface area contributed by atoms with Crippen molar-refractivity contribution in [2.45, 2.75) is 12.8 Å². The molecule has 0 saturated carbocycles. The number of aliphatic carboxylic acids is 1. The quantitative estimate of drug-likeness (QED) is 0.608. The van der Waals surface area contributed by atoms with E-state index in [0.717, 1.165) is 0 Å². The van der Waals surface area contributed by atoms with Gasteiger partial charge < -0.3 is 10.8 Å². The lowest BCUT2D eigenvalue weighted by Gasteiger charge is -2.28. The van der Waals surface area contributed by atoms with E-state index in [0.29, 0.717) is 25.9 Å². The van der Waals surface area contributed by atoms with E-state index < -0.39 is 5.97 Å². The Labute approximate surface area is 76.5 Å². The lowest BCUT2D eigenvalue weighted by Crippen LogP contribution is -2.40. The molecule has 1 aliphatic rings. The summed E-state index contributed by atoms with van der Waals surface area (Å²) >= 11 is 0. The van der Waals surface area contributed by atoms with Crippen molar-refractivity contribution in [2.24, 2.45) is 11.7 Å². The van der Waals surface area contributed by atoms with Gasteiger partial charge in [0.05, 0.1) is 6.54 Å². The maximum absolute atomic E-state index is 10.8. The maximum atomic E-state index is 10.8. The molecule has 0 spiro atoms. The van der Waals surface area contributed by atoms with Gasteiger partial charge in [0.25, 0.3) is 0 Å². The molecule has 0 aliphatic carbocycles. The molecule has 74 valence electrons. The van der Waals surface area contributed by atoms with Gasteiger partial charge in [-0.1, -0.05) is 0 Å². The number of nitrogens with zero attached hydrogens (tertiary/aromatic N) is 1. The molecule has 0 unspecified atom stereocenters. The minimum absolute atomic E-state index is 0.0610. The zero-order valence-corrected chi connectivity index (χ0v) is 7.40. The number of primary amides is 1. The normalized spacial score (nSPS) is 20.0. The number of hydrogen-bond acceptors (Lipinski definition) is 3. The van der Waals surface area contributed by atoms with E-state index in [1.54, 1.807) is 0 Å². The Morgan fingerprint density at radius 1 is 1.38 bits per heavy atom. The number of carbonyl (C=O) groups excluding carboxylic acids is 1. The van der Waals surface area contributed by atoms with Crippen LogP contribution in [0, 0.1) is 5.92 Å². The van der Waals surface area contributed by atoms with Gasteiger partial charge in [-0.25, -0.2) is 0 Å². The minimum atomic E-state index is -0.822. The van der Waals surface area contributed by atoms with E-state index in [-0.39, 0.29) is 18.4 Å². The zero-order valence-electron chi connectivity index (χ0n) is 7.40. The summed E-state index contributed by atoms with van der Waals surface area (Å²) in [5.41, 5.74) is 5.14. The smallest absolute Gasteiger partial charge is 0.317 e. The number of nitrogens with two attached hydrogens (primary N) is 1. The van der Waals surface area contributed by atoms with Crippen molar-refractivity contribution in [1.29, 1.82) is 0 Å². The van der Waals surface area contributed by atoms with Crippen LogP contribution in [-0.2, 0) is 9.59 Å². The first-order valence-electron chi connectivity index (χ1n) is 4.33. The second kappa shape index (κ2) is 4.23. The van der Waals surface area contributed by atoms with Gasteiger partial charge >= 0.3 is 5.97 Å². The van der Waals surface area contributed by atoms with Crippen LogP contribution in [0.1, 0.15) is 12.8 Å². The number of rotatable bonds is 3. The number of amides is 1. The number of likely N-dealkylation sites (tertiary alicyclic amines) is 1. The van der Waals surface area contributed by atoms with E-state index in [9.17, 15) is 9.59 Å². The molecule has 5 nitrogen and oxygen atoms in total. The third-order valence-electron chi connectivity index (χ3n) is 2.35. The molecule has 1 heterocycles. The molecule has 1 fully saturated rings. The summed E-state index contributed by atoms with van der Waals surface area (Å²) in [7, 11) is 0. The Kier molecular flexibility index (Phi) is 3.25. The molecule has 1 saturated heterocycles. The van der Waals surface area contributed by atoms with Crippen LogP contribution < -0.4 is 5.73 Å². The fraction of sp³-hybridized carbons (Fsp3) is 0.750. The van der Waals surface area contributed by atoms with Crippen molar-refractivity contribution >= 4 is 11.9 Å². The third-order valence-corrected chi connectivity index (χ3v) is 2.35.